The summed E-state index contributed by atoms with van der Waals surface area (Å²) in [5.41, 5.74) is 2.03. The lowest BCUT2D eigenvalue weighted by atomic mass is 10.0. The van der Waals surface area contributed by atoms with Gasteiger partial charge in [0.05, 0.1) is 22.8 Å². The molecule has 0 radical (unpaired) electrons. The van der Waals surface area contributed by atoms with Crippen molar-refractivity contribution in [1.29, 1.82) is 0 Å². The smallest absolute Gasteiger partial charge is 0.159 e. The van der Waals surface area contributed by atoms with Gasteiger partial charge in [0.2, 0.25) is 0 Å². The van der Waals surface area contributed by atoms with Crippen LogP contribution in [-0.2, 0) is 0 Å². The molecule has 2 aliphatic heterocycles. The first-order chi connectivity index (χ1) is 23.0. The highest BCUT2D eigenvalue weighted by molar-refractivity contribution is 6.10. The van der Waals surface area contributed by atoms with Crippen LogP contribution in [0.15, 0.2) is 72.8 Å². The van der Waals surface area contributed by atoms with E-state index in [0.29, 0.717) is 0 Å². The van der Waals surface area contributed by atoms with Crippen molar-refractivity contribution >= 4 is 43.6 Å². The number of aromatic nitrogens is 4. The fourth-order valence-electron chi connectivity index (χ4n) is 6.43. The molecule has 0 spiro atoms. The minimum Gasteiger partial charge on any atom is -0.354 e. The highest BCUT2D eigenvalue weighted by atomic mass is 19.2. The van der Waals surface area contributed by atoms with E-state index in [1.807, 2.05) is 0 Å². The van der Waals surface area contributed by atoms with E-state index < -0.39 is 46.5 Å². The molecule has 9 rings (SSSR count). The van der Waals surface area contributed by atoms with Crippen LogP contribution in [0.3, 0.4) is 0 Å². The second-order valence-corrected chi connectivity index (χ2v) is 11.5. The van der Waals surface area contributed by atoms with Crippen LogP contribution in [0.1, 0.15) is 0 Å². The topological polar surface area (TPSA) is 57.4 Å². The lowest BCUT2D eigenvalue weighted by molar-refractivity contribution is 0.509. The quantitative estimate of drug-likeness (QED) is 0.160. The Labute approximate surface area is 263 Å². The SMILES string of the molecule is Fc1cc2c(cc1F)-c1cc3[nH]c(cc4nc(cc5[nH]c(cc-2n1)c1cc(F)c(F)cc51)-c1cc(F)c(F)cc1-4)c1cc(F)c(F)cc31. The summed E-state index contributed by atoms with van der Waals surface area (Å²) in [7, 11) is 0. The normalized spacial score (nSPS) is 12.2. The fraction of sp³-hybridized carbons (Fsp3) is 0. The van der Waals surface area contributed by atoms with Gasteiger partial charge < -0.3 is 9.97 Å². The Balaban J connectivity index is 1.52. The highest BCUT2D eigenvalue weighted by Gasteiger charge is 2.23. The monoisotopic (exact) mass is 654 g/mol. The lowest BCUT2D eigenvalue weighted by Crippen LogP contribution is -1.86. The summed E-state index contributed by atoms with van der Waals surface area (Å²) in [6, 6.07) is 13.4. The molecule has 4 aromatic carbocycles. The van der Waals surface area contributed by atoms with Gasteiger partial charge in [-0.05, 0) is 72.8 Å². The minimum absolute atomic E-state index is 0.123. The van der Waals surface area contributed by atoms with Crippen molar-refractivity contribution < 1.29 is 35.1 Å². The Morgan fingerprint density at radius 2 is 0.500 bits per heavy atom. The van der Waals surface area contributed by atoms with Gasteiger partial charge in [0.1, 0.15) is 0 Å². The van der Waals surface area contributed by atoms with E-state index in [2.05, 4.69) is 19.9 Å². The van der Waals surface area contributed by atoms with Crippen LogP contribution in [0.4, 0.5) is 35.1 Å². The molecular formula is C36H14F8N4. The standard InChI is InChI=1S/C36H14F8N4/c37-21-1-13-14(2-22(21)38)30-10-32-17-5-25(41)26(42)6-18(17)34(47-32)12-36-20-8-28(44)27(43)7-19(20)35(48-36)11-33-16-4-24(40)23(39)3-15(16)31(46-33)9-29(13)45-30/h1-12,45,48H. The summed E-state index contributed by atoms with van der Waals surface area (Å²) < 4.78 is 117. The number of fused-ring (bicyclic) bond motifs is 20. The predicted octanol–water partition coefficient (Wildman–Crippen LogP) is 10.4. The molecule has 0 saturated heterocycles. The third-order valence-electron chi connectivity index (χ3n) is 8.65. The molecule has 0 atom stereocenters. The average molecular weight is 655 g/mol. The van der Waals surface area contributed by atoms with Gasteiger partial charge in [0.15, 0.2) is 46.5 Å². The van der Waals surface area contributed by atoms with Crippen LogP contribution in [-0.4, -0.2) is 19.9 Å². The zero-order chi connectivity index (χ0) is 33.2. The number of hydrogen-bond acceptors (Lipinski definition) is 2. The zero-order valence-electron chi connectivity index (χ0n) is 23.8. The number of halogens is 8. The van der Waals surface area contributed by atoms with Crippen LogP contribution < -0.4 is 0 Å². The number of H-pyrrole nitrogens is 2. The molecule has 2 N–H and O–H groups in total. The van der Waals surface area contributed by atoms with Gasteiger partial charge in [-0.2, -0.15) is 0 Å². The summed E-state index contributed by atoms with van der Waals surface area (Å²) in [5, 5.41) is 0.799. The number of hydrogen-bond donors (Lipinski definition) is 2. The minimum atomic E-state index is -1.16. The Morgan fingerprint density at radius 3 is 0.729 bits per heavy atom. The first kappa shape index (κ1) is 28.2. The largest absolute Gasteiger partial charge is 0.354 e. The van der Waals surface area contributed by atoms with Gasteiger partial charge in [-0.25, -0.2) is 45.1 Å². The predicted molar refractivity (Wildman–Crippen MR) is 165 cm³/mol. The molecule has 0 amide bonds. The zero-order valence-corrected chi connectivity index (χ0v) is 23.8. The van der Waals surface area contributed by atoms with Crippen molar-refractivity contribution in [1.82, 2.24) is 19.9 Å². The summed E-state index contributed by atoms with van der Waals surface area (Å²) in [5.74, 6) is -9.24. The number of nitrogens with zero attached hydrogens (tertiary/aromatic N) is 2. The van der Waals surface area contributed by atoms with Gasteiger partial charge in [0.25, 0.3) is 0 Å². The van der Waals surface area contributed by atoms with Gasteiger partial charge in [-0.3, -0.25) is 0 Å². The van der Waals surface area contributed by atoms with Crippen LogP contribution in [0.5, 0.6) is 0 Å². The van der Waals surface area contributed by atoms with Crippen molar-refractivity contribution in [3.05, 3.63) is 119 Å². The first-order valence-electron chi connectivity index (χ1n) is 14.3. The molecule has 5 heterocycles. The van der Waals surface area contributed by atoms with E-state index in [4.69, 9.17) is 0 Å². The summed E-state index contributed by atoms with van der Waals surface area (Å²) in [4.78, 5) is 15.4. The second kappa shape index (κ2) is 9.74. The molecule has 48 heavy (non-hydrogen) atoms. The maximum Gasteiger partial charge on any atom is 0.159 e. The molecule has 2 aliphatic rings. The van der Waals surface area contributed by atoms with E-state index in [1.54, 1.807) is 0 Å². The number of aromatic amines is 2. The van der Waals surface area contributed by atoms with Crippen LogP contribution in [0, 0.1) is 46.5 Å². The molecule has 3 aromatic heterocycles. The fourth-order valence-corrected chi connectivity index (χ4v) is 6.43. The van der Waals surface area contributed by atoms with E-state index >= 15 is 0 Å². The first-order valence-corrected chi connectivity index (χ1v) is 14.3. The summed E-state index contributed by atoms with van der Waals surface area (Å²) in [6.07, 6.45) is 0. The van der Waals surface area contributed by atoms with Crippen molar-refractivity contribution in [2.45, 2.75) is 0 Å². The molecule has 234 valence electrons. The van der Waals surface area contributed by atoms with Gasteiger partial charge in [-0.15, -0.1) is 0 Å². The lowest BCUT2D eigenvalue weighted by Gasteiger charge is -2.01. The highest BCUT2D eigenvalue weighted by Crippen LogP contribution is 2.42. The van der Waals surface area contributed by atoms with E-state index in [0.717, 1.165) is 48.5 Å². The molecule has 0 fully saturated rings. The van der Waals surface area contributed by atoms with Crippen LogP contribution >= 0.6 is 0 Å². The maximum atomic E-state index is 14.6. The van der Waals surface area contributed by atoms with Gasteiger partial charge >= 0.3 is 0 Å². The van der Waals surface area contributed by atoms with Crippen LogP contribution in [0.2, 0.25) is 0 Å². The Morgan fingerprint density at radius 1 is 0.292 bits per heavy atom. The van der Waals surface area contributed by atoms with Gasteiger partial charge in [-0.1, -0.05) is 0 Å². The molecule has 0 aliphatic carbocycles. The molecule has 0 saturated carbocycles. The molecular weight excluding hydrogens is 640 g/mol. The van der Waals surface area contributed by atoms with Crippen molar-refractivity contribution in [3.63, 3.8) is 0 Å². The molecule has 7 aromatic rings. The Hall–Kier alpha value is -6.04. The number of benzene rings is 4. The molecule has 12 heteroatoms. The van der Waals surface area contributed by atoms with Crippen molar-refractivity contribution in [3.8, 4) is 45.0 Å². The average Bonchev–Trinajstić information content (AvgIpc) is 3.74. The molecule has 0 unspecified atom stereocenters. The van der Waals surface area contributed by atoms with Gasteiger partial charge in [0, 0.05) is 65.9 Å². The van der Waals surface area contributed by atoms with E-state index in [-0.39, 0.29) is 88.6 Å². The second-order valence-electron chi connectivity index (χ2n) is 11.5. The third-order valence-corrected chi connectivity index (χ3v) is 8.65. The Bertz CT molecular complexity index is 2410. The number of nitrogens with one attached hydrogen (secondary N) is 2. The maximum absolute atomic E-state index is 14.6. The summed E-state index contributed by atoms with van der Waals surface area (Å²) >= 11 is 0. The Kier molecular flexibility index (Phi) is 5.72. The number of rotatable bonds is 0. The van der Waals surface area contributed by atoms with Crippen molar-refractivity contribution in [2.75, 3.05) is 0 Å². The van der Waals surface area contributed by atoms with Crippen LogP contribution in [0.25, 0.3) is 88.6 Å². The van der Waals surface area contributed by atoms with Crippen molar-refractivity contribution in [2.24, 2.45) is 0 Å². The van der Waals surface area contributed by atoms with E-state index in [9.17, 15) is 35.1 Å². The van der Waals surface area contributed by atoms with E-state index in [1.165, 1.54) is 24.3 Å². The third kappa shape index (κ3) is 4.08. The summed E-state index contributed by atoms with van der Waals surface area (Å²) in [6.45, 7) is 0. The molecule has 8 bridgehead atoms. The molecule has 4 nitrogen and oxygen atoms in total.